The highest BCUT2D eigenvalue weighted by Crippen LogP contribution is 2.02. The summed E-state index contributed by atoms with van der Waals surface area (Å²) in [5.41, 5.74) is 0. The normalized spacial score (nSPS) is 10.3. The number of alkyl halides is 1. The first-order chi connectivity index (χ1) is 5.68. The molecule has 72 valence electrons. The molecule has 0 atom stereocenters. The van der Waals surface area contributed by atoms with Gasteiger partial charge in [-0.1, -0.05) is 13.8 Å². The Labute approximate surface area is 83.0 Å². The average molecular weight is 211 g/mol. The van der Waals surface area contributed by atoms with E-state index in [1.165, 1.54) is 0 Å². The van der Waals surface area contributed by atoms with Crippen molar-refractivity contribution in [3.05, 3.63) is 0 Å². The molecule has 0 radical (unpaired) electrons. The fraction of sp³-hybridized carbons (Fsp3) is 0.875. The minimum absolute atomic E-state index is 0.0250. The molecular weight excluding hydrogens is 196 g/mol. The number of ether oxygens (including phenoxy) is 1. The highest BCUT2D eigenvalue weighted by Gasteiger charge is 2.06. The third-order valence-corrected chi connectivity index (χ3v) is 2.53. The van der Waals surface area contributed by atoms with Crippen molar-refractivity contribution in [3.63, 3.8) is 0 Å². The minimum atomic E-state index is -0.124. The molecule has 0 aliphatic heterocycles. The van der Waals surface area contributed by atoms with Gasteiger partial charge in [-0.3, -0.25) is 4.79 Å². The van der Waals surface area contributed by atoms with Gasteiger partial charge in [0.25, 0.3) is 0 Å². The molecule has 0 saturated heterocycles. The molecule has 0 spiro atoms. The summed E-state index contributed by atoms with van der Waals surface area (Å²) in [6, 6.07) is 0. The molecule has 0 amide bonds. The van der Waals surface area contributed by atoms with E-state index in [1.54, 1.807) is 11.8 Å². The molecular formula is C8H15ClO2S. The van der Waals surface area contributed by atoms with Crippen molar-refractivity contribution in [1.82, 2.24) is 0 Å². The Morgan fingerprint density at radius 1 is 1.50 bits per heavy atom. The van der Waals surface area contributed by atoms with Crippen molar-refractivity contribution in [1.29, 1.82) is 0 Å². The number of thioether (sulfide) groups is 1. The number of halogens is 1. The highest BCUT2D eigenvalue weighted by molar-refractivity contribution is 7.99. The number of hydrogen-bond donors (Lipinski definition) is 0. The third kappa shape index (κ3) is 6.80. The fourth-order valence-electron chi connectivity index (χ4n) is 0.524. The van der Waals surface area contributed by atoms with Gasteiger partial charge in [0.1, 0.15) is 6.61 Å². The van der Waals surface area contributed by atoms with Gasteiger partial charge < -0.3 is 4.74 Å². The topological polar surface area (TPSA) is 26.3 Å². The van der Waals surface area contributed by atoms with Crippen LogP contribution in [-0.2, 0) is 9.53 Å². The van der Waals surface area contributed by atoms with Crippen LogP contribution in [0.15, 0.2) is 0 Å². The molecule has 0 heterocycles. The summed E-state index contributed by atoms with van der Waals surface area (Å²) in [5, 5.41) is 0. The first kappa shape index (κ1) is 12.1. The van der Waals surface area contributed by atoms with E-state index in [9.17, 15) is 4.79 Å². The smallest absolute Gasteiger partial charge is 0.308 e. The Morgan fingerprint density at radius 3 is 2.67 bits per heavy atom. The summed E-state index contributed by atoms with van der Waals surface area (Å²) in [7, 11) is 0. The van der Waals surface area contributed by atoms with E-state index in [0.29, 0.717) is 12.5 Å². The van der Waals surface area contributed by atoms with Crippen LogP contribution in [0.5, 0.6) is 0 Å². The average Bonchev–Trinajstić information content (AvgIpc) is 2.03. The number of carbonyl (C=O) groups excluding carboxylic acids is 1. The molecule has 4 heteroatoms. The fourth-order valence-corrected chi connectivity index (χ4v) is 1.37. The van der Waals surface area contributed by atoms with Crippen LogP contribution in [0, 0.1) is 5.92 Å². The molecule has 0 aliphatic rings. The molecule has 2 nitrogen and oxygen atoms in total. The molecule has 0 bridgehead atoms. The van der Waals surface area contributed by atoms with Gasteiger partial charge in [-0.25, -0.2) is 0 Å². The molecule has 0 aromatic rings. The molecule has 0 fully saturated rings. The van der Waals surface area contributed by atoms with Crippen LogP contribution < -0.4 is 0 Å². The zero-order valence-corrected chi connectivity index (χ0v) is 9.08. The number of hydrogen-bond acceptors (Lipinski definition) is 3. The maximum absolute atomic E-state index is 10.9. The largest absolute Gasteiger partial charge is 0.465 e. The Bertz CT molecular complexity index is 128. The Kier molecular flexibility index (Phi) is 7.81. The van der Waals surface area contributed by atoms with Crippen molar-refractivity contribution in [2.45, 2.75) is 13.8 Å². The van der Waals surface area contributed by atoms with Crippen LogP contribution in [0.4, 0.5) is 0 Å². The zero-order valence-electron chi connectivity index (χ0n) is 7.51. The molecule has 0 N–H and O–H groups in total. The summed E-state index contributed by atoms with van der Waals surface area (Å²) >= 11 is 7.16. The second kappa shape index (κ2) is 7.74. The Hall–Kier alpha value is 0.110. The first-order valence-corrected chi connectivity index (χ1v) is 5.67. The Morgan fingerprint density at radius 2 is 2.17 bits per heavy atom. The summed E-state index contributed by atoms with van der Waals surface area (Å²) in [5.74, 6) is 2.26. The van der Waals surface area contributed by atoms with E-state index in [2.05, 4.69) is 0 Å². The Balaban J connectivity index is 3.14. The maximum atomic E-state index is 10.9. The lowest BCUT2D eigenvalue weighted by Crippen LogP contribution is -2.13. The van der Waals surface area contributed by atoms with E-state index in [1.807, 2.05) is 13.8 Å². The van der Waals surface area contributed by atoms with Crippen molar-refractivity contribution in [2.75, 3.05) is 24.0 Å². The number of carbonyl (C=O) groups is 1. The van der Waals surface area contributed by atoms with E-state index in [0.717, 1.165) is 11.5 Å². The van der Waals surface area contributed by atoms with Crippen molar-refractivity contribution in [3.8, 4) is 0 Å². The molecule has 0 rings (SSSR count). The van der Waals surface area contributed by atoms with Crippen LogP contribution in [0.1, 0.15) is 13.8 Å². The van der Waals surface area contributed by atoms with Crippen molar-refractivity contribution in [2.24, 2.45) is 5.92 Å². The number of esters is 1. The van der Waals surface area contributed by atoms with Crippen LogP contribution >= 0.6 is 23.4 Å². The lowest BCUT2D eigenvalue weighted by atomic mass is 10.2. The van der Waals surface area contributed by atoms with Crippen LogP contribution in [0.25, 0.3) is 0 Å². The lowest BCUT2D eigenvalue weighted by molar-refractivity contribution is -0.146. The van der Waals surface area contributed by atoms with E-state index < -0.39 is 0 Å². The van der Waals surface area contributed by atoms with Crippen LogP contribution in [0.3, 0.4) is 0 Å². The summed E-state index contributed by atoms with van der Waals surface area (Å²) in [4.78, 5) is 10.9. The SMILES string of the molecule is CC(C)C(=O)OCCSCCCl. The van der Waals surface area contributed by atoms with E-state index >= 15 is 0 Å². The van der Waals surface area contributed by atoms with Gasteiger partial charge in [0.05, 0.1) is 5.92 Å². The first-order valence-electron chi connectivity index (χ1n) is 3.98. The molecule has 0 unspecified atom stereocenters. The van der Waals surface area contributed by atoms with Crippen molar-refractivity contribution < 1.29 is 9.53 Å². The molecule has 0 aromatic carbocycles. The number of rotatable bonds is 6. The van der Waals surface area contributed by atoms with Crippen LogP contribution in [0.2, 0.25) is 0 Å². The monoisotopic (exact) mass is 210 g/mol. The third-order valence-electron chi connectivity index (χ3n) is 1.16. The van der Waals surface area contributed by atoms with Gasteiger partial charge in [0.15, 0.2) is 0 Å². The summed E-state index contributed by atoms with van der Waals surface area (Å²) in [6.45, 7) is 4.15. The van der Waals surface area contributed by atoms with E-state index in [-0.39, 0.29) is 11.9 Å². The van der Waals surface area contributed by atoms with Gasteiger partial charge in [-0.15, -0.1) is 11.6 Å². The second-order valence-corrected chi connectivity index (χ2v) is 4.23. The zero-order chi connectivity index (χ0) is 9.40. The standard InChI is InChI=1S/C8H15ClO2S/c1-7(2)8(10)11-4-6-12-5-3-9/h7H,3-6H2,1-2H3. The molecule has 0 saturated carbocycles. The quantitative estimate of drug-likeness (QED) is 0.382. The van der Waals surface area contributed by atoms with Crippen LogP contribution in [-0.4, -0.2) is 30.0 Å². The molecule has 0 aliphatic carbocycles. The lowest BCUT2D eigenvalue weighted by Gasteiger charge is -2.05. The van der Waals surface area contributed by atoms with E-state index in [4.69, 9.17) is 16.3 Å². The van der Waals surface area contributed by atoms with Crippen molar-refractivity contribution >= 4 is 29.3 Å². The predicted octanol–water partition coefficient (Wildman–Crippen LogP) is 2.16. The minimum Gasteiger partial charge on any atom is -0.465 e. The van der Waals surface area contributed by atoms with Gasteiger partial charge in [-0.05, 0) is 0 Å². The summed E-state index contributed by atoms with van der Waals surface area (Å²) < 4.78 is 4.95. The summed E-state index contributed by atoms with van der Waals surface area (Å²) in [6.07, 6.45) is 0. The van der Waals surface area contributed by atoms with Gasteiger partial charge in [0.2, 0.25) is 0 Å². The maximum Gasteiger partial charge on any atom is 0.308 e. The van der Waals surface area contributed by atoms with Gasteiger partial charge in [0, 0.05) is 17.4 Å². The molecule has 12 heavy (non-hydrogen) atoms. The van der Waals surface area contributed by atoms with Gasteiger partial charge >= 0.3 is 5.97 Å². The second-order valence-electron chi connectivity index (χ2n) is 2.62. The molecule has 0 aromatic heterocycles. The highest BCUT2D eigenvalue weighted by atomic mass is 35.5. The predicted molar refractivity (Wildman–Crippen MR) is 53.8 cm³/mol. The van der Waals surface area contributed by atoms with Gasteiger partial charge in [-0.2, -0.15) is 11.8 Å².